The molecule has 1 aliphatic heterocycles. The third-order valence-corrected chi connectivity index (χ3v) is 4.87. The predicted octanol–water partition coefficient (Wildman–Crippen LogP) is 1.63. The average Bonchev–Trinajstić information content (AvgIpc) is 2.47. The van der Waals surface area contributed by atoms with Crippen molar-refractivity contribution in [3.8, 4) is 0 Å². The molecule has 0 unspecified atom stereocenters. The van der Waals surface area contributed by atoms with Gasteiger partial charge in [-0.2, -0.15) is 0 Å². The lowest BCUT2D eigenvalue weighted by atomic mass is 9.66. The Morgan fingerprint density at radius 1 is 1.29 bits per heavy atom. The van der Waals surface area contributed by atoms with Crippen LogP contribution in [-0.4, -0.2) is 23.5 Å². The maximum atomic E-state index is 12.4. The fourth-order valence-electron chi connectivity index (χ4n) is 3.13. The molecule has 1 amide bonds. The largest absolute Gasteiger partial charge is 0.448 e. The van der Waals surface area contributed by atoms with Crippen molar-refractivity contribution in [3.63, 3.8) is 0 Å². The van der Waals surface area contributed by atoms with Crippen LogP contribution in [0, 0.1) is 10.8 Å². The Bertz CT molecular complexity index is 388. The molecule has 17 heavy (non-hydrogen) atoms. The number of hydrogen-bond donors (Lipinski definition) is 1. The Kier molecular flexibility index (Phi) is 2.36. The van der Waals surface area contributed by atoms with Gasteiger partial charge in [-0.1, -0.05) is 13.8 Å². The van der Waals surface area contributed by atoms with E-state index in [4.69, 9.17) is 4.74 Å². The van der Waals surface area contributed by atoms with Crippen LogP contribution in [0.25, 0.3) is 0 Å². The van der Waals surface area contributed by atoms with Crippen molar-refractivity contribution < 1.29 is 14.3 Å². The summed E-state index contributed by atoms with van der Waals surface area (Å²) in [5.41, 5.74) is -1.94. The van der Waals surface area contributed by atoms with Crippen molar-refractivity contribution in [1.82, 2.24) is 5.32 Å². The molecule has 4 nitrogen and oxygen atoms in total. The molecule has 1 N–H and O–H groups in total. The average molecular weight is 239 g/mol. The van der Waals surface area contributed by atoms with Crippen LogP contribution in [0.4, 0.5) is 0 Å². The van der Waals surface area contributed by atoms with Crippen LogP contribution in [0.1, 0.15) is 47.5 Å². The van der Waals surface area contributed by atoms with E-state index in [1.807, 2.05) is 34.6 Å². The Morgan fingerprint density at radius 2 is 1.88 bits per heavy atom. The number of rotatable bonds is 2. The van der Waals surface area contributed by atoms with Crippen LogP contribution in [-0.2, 0) is 14.3 Å². The third kappa shape index (κ3) is 1.24. The smallest absolute Gasteiger partial charge is 0.313 e. The van der Waals surface area contributed by atoms with Crippen molar-refractivity contribution in [2.24, 2.45) is 10.8 Å². The van der Waals surface area contributed by atoms with E-state index in [-0.39, 0.29) is 17.9 Å². The second-order valence-electron chi connectivity index (χ2n) is 6.30. The van der Waals surface area contributed by atoms with Crippen molar-refractivity contribution in [3.05, 3.63) is 0 Å². The summed E-state index contributed by atoms with van der Waals surface area (Å²) in [7, 11) is 0. The highest BCUT2D eigenvalue weighted by Crippen LogP contribution is 2.65. The molecule has 1 saturated carbocycles. The highest BCUT2D eigenvalue weighted by molar-refractivity contribution is 5.96. The monoisotopic (exact) mass is 239 g/mol. The molecule has 2 atom stereocenters. The standard InChI is InChI=1S/C13H21NO3/c1-8(2)14-9(15)13-7-6-12(5,10(16)17-13)11(13,3)4/h8H,6-7H2,1-5H3,(H,14,15)/t12-,13-/m0/s1. The molecule has 2 bridgehead atoms. The lowest BCUT2D eigenvalue weighted by molar-refractivity contribution is -0.168. The molecule has 0 aromatic carbocycles. The van der Waals surface area contributed by atoms with Gasteiger partial charge in [-0.05, 0) is 33.6 Å². The maximum absolute atomic E-state index is 12.4. The Balaban J connectivity index is 2.40. The minimum atomic E-state index is -0.969. The molecule has 0 aromatic heterocycles. The van der Waals surface area contributed by atoms with E-state index in [2.05, 4.69) is 5.32 Å². The Hall–Kier alpha value is -1.06. The summed E-state index contributed by atoms with van der Waals surface area (Å²) < 4.78 is 5.48. The van der Waals surface area contributed by atoms with Crippen molar-refractivity contribution in [2.75, 3.05) is 0 Å². The number of hydrogen-bond acceptors (Lipinski definition) is 3. The normalized spacial score (nSPS) is 38.4. The van der Waals surface area contributed by atoms with Crippen LogP contribution in [0.2, 0.25) is 0 Å². The summed E-state index contributed by atoms with van der Waals surface area (Å²) in [5.74, 6) is -0.375. The van der Waals surface area contributed by atoms with Crippen LogP contribution < -0.4 is 5.32 Å². The molecule has 0 aromatic rings. The molecular formula is C13H21NO3. The molecule has 96 valence electrons. The second-order valence-corrected chi connectivity index (χ2v) is 6.30. The lowest BCUT2D eigenvalue weighted by Gasteiger charge is -2.35. The summed E-state index contributed by atoms with van der Waals surface area (Å²) in [6, 6.07) is 0.0545. The highest BCUT2D eigenvalue weighted by Gasteiger charge is 2.75. The van der Waals surface area contributed by atoms with Crippen molar-refractivity contribution in [1.29, 1.82) is 0 Å². The fourth-order valence-corrected chi connectivity index (χ4v) is 3.13. The minimum Gasteiger partial charge on any atom is -0.448 e. The van der Waals surface area contributed by atoms with E-state index < -0.39 is 16.4 Å². The van der Waals surface area contributed by atoms with E-state index in [1.165, 1.54) is 0 Å². The first-order valence-electron chi connectivity index (χ1n) is 6.22. The third-order valence-electron chi connectivity index (χ3n) is 4.87. The van der Waals surface area contributed by atoms with Crippen LogP contribution >= 0.6 is 0 Å². The van der Waals surface area contributed by atoms with Gasteiger partial charge in [-0.15, -0.1) is 0 Å². The Labute approximate surface area is 102 Å². The van der Waals surface area contributed by atoms with Gasteiger partial charge in [0.15, 0.2) is 5.60 Å². The van der Waals surface area contributed by atoms with Crippen LogP contribution in [0.3, 0.4) is 0 Å². The molecule has 0 radical (unpaired) electrons. The quantitative estimate of drug-likeness (QED) is 0.745. The molecule has 1 aliphatic carbocycles. The molecule has 2 aliphatic rings. The van der Waals surface area contributed by atoms with E-state index in [1.54, 1.807) is 0 Å². The predicted molar refractivity (Wildman–Crippen MR) is 63.2 cm³/mol. The summed E-state index contributed by atoms with van der Waals surface area (Å²) in [4.78, 5) is 24.3. The van der Waals surface area contributed by atoms with Gasteiger partial charge in [0, 0.05) is 11.5 Å². The molecular weight excluding hydrogens is 218 g/mol. The topological polar surface area (TPSA) is 55.4 Å². The van der Waals surface area contributed by atoms with Gasteiger partial charge < -0.3 is 10.1 Å². The first kappa shape index (κ1) is 12.4. The summed E-state index contributed by atoms with van der Waals surface area (Å²) in [6.45, 7) is 9.65. The maximum Gasteiger partial charge on any atom is 0.313 e. The number of carbonyl (C=O) groups is 2. The number of nitrogens with one attached hydrogen (secondary N) is 1. The van der Waals surface area contributed by atoms with E-state index in [0.717, 1.165) is 6.42 Å². The minimum absolute atomic E-state index is 0.0545. The molecule has 0 spiro atoms. The first-order valence-corrected chi connectivity index (χ1v) is 6.22. The number of esters is 1. The number of ether oxygens (including phenoxy) is 1. The van der Waals surface area contributed by atoms with Crippen LogP contribution in [0.15, 0.2) is 0 Å². The summed E-state index contributed by atoms with van der Waals surface area (Å²) in [6.07, 6.45) is 1.35. The highest BCUT2D eigenvalue weighted by atomic mass is 16.6. The number of carbonyl (C=O) groups excluding carboxylic acids is 2. The lowest BCUT2D eigenvalue weighted by Crippen LogP contribution is -2.54. The number of amides is 1. The van der Waals surface area contributed by atoms with Crippen LogP contribution in [0.5, 0.6) is 0 Å². The molecule has 2 fully saturated rings. The van der Waals surface area contributed by atoms with Gasteiger partial charge in [0.25, 0.3) is 5.91 Å². The van der Waals surface area contributed by atoms with Gasteiger partial charge in [-0.25, -0.2) is 0 Å². The zero-order valence-corrected chi connectivity index (χ0v) is 11.2. The molecule has 2 rings (SSSR count). The zero-order chi connectivity index (χ0) is 13.1. The van der Waals surface area contributed by atoms with Gasteiger partial charge in [0.05, 0.1) is 5.41 Å². The SMILES string of the molecule is CC(C)NC(=O)[C@]12CC[C@@](C)(C(=O)O1)C2(C)C. The van der Waals surface area contributed by atoms with E-state index >= 15 is 0 Å². The molecule has 4 heteroatoms. The first-order chi connectivity index (χ1) is 7.67. The van der Waals surface area contributed by atoms with Crippen molar-refractivity contribution in [2.45, 2.75) is 59.1 Å². The van der Waals surface area contributed by atoms with Gasteiger partial charge in [0.2, 0.25) is 0 Å². The zero-order valence-electron chi connectivity index (χ0n) is 11.2. The Morgan fingerprint density at radius 3 is 2.24 bits per heavy atom. The van der Waals surface area contributed by atoms with E-state index in [0.29, 0.717) is 6.42 Å². The second kappa shape index (κ2) is 3.24. The molecule has 1 saturated heterocycles. The molecule has 1 heterocycles. The summed E-state index contributed by atoms with van der Waals surface area (Å²) in [5, 5.41) is 2.88. The van der Waals surface area contributed by atoms with Gasteiger partial charge >= 0.3 is 5.97 Å². The van der Waals surface area contributed by atoms with Gasteiger partial charge in [-0.3, -0.25) is 9.59 Å². The summed E-state index contributed by atoms with van der Waals surface area (Å²) >= 11 is 0. The van der Waals surface area contributed by atoms with Crippen molar-refractivity contribution >= 4 is 11.9 Å². The number of fused-ring (bicyclic) bond motifs is 2. The van der Waals surface area contributed by atoms with E-state index in [9.17, 15) is 9.59 Å². The van der Waals surface area contributed by atoms with Gasteiger partial charge in [0.1, 0.15) is 0 Å². The fraction of sp³-hybridized carbons (Fsp3) is 0.846.